The normalized spacial score (nSPS) is 11.1. The number of carbonyl (C=O) groups excluding carboxylic acids is 1. The van der Waals surface area contributed by atoms with Crippen molar-refractivity contribution < 1.29 is 9.53 Å². The number of esters is 1. The predicted octanol–water partition coefficient (Wildman–Crippen LogP) is 6.52. The van der Waals surface area contributed by atoms with E-state index in [4.69, 9.17) is 4.74 Å². The average Bonchev–Trinajstić information content (AvgIpc) is 2.77. The summed E-state index contributed by atoms with van der Waals surface area (Å²) in [7, 11) is 0. The van der Waals surface area contributed by atoms with Crippen LogP contribution in [0.4, 0.5) is 0 Å². The number of hydrogen-bond acceptors (Lipinski definition) is 4. The fraction of sp³-hybridized carbons (Fsp3) is 0.692. The first kappa shape index (κ1) is 26.4. The van der Waals surface area contributed by atoms with Crippen molar-refractivity contribution in [2.24, 2.45) is 0 Å². The SMILES string of the molecule is C=CC(=O)Oc1c(CCN(CC)CC)ccnc1CCCCCCCCCCCC. The lowest BCUT2D eigenvalue weighted by Gasteiger charge is -2.19. The van der Waals surface area contributed by atoms with Crippen molar-refractivity contribution in [2.75, 3.05) is 19.6 Å². The first-order chi connectivity index (χ1) is 14.7. The van der Waals surface area contributed by atoms with Crippen molar-refractivity contribution in [3.8, 4) is 5.75 Å². The molecule has 170 valence electrons. The van der Waals surface area contributed by atoms with E-state index in [1.807, 2.05) is 12.3 Å². The van der Waals surface area contributed by atoms with E-state index in [9.17, 15) is 4.79 Å². The second kappa shape index (κ2) is 17.0. The minimum absolute atomic E-state index is 0.406. The highest BCUT2D eigenvalue weighted by atomic mass is 16.5. The summed E-state index contributed by atoms with van der Waals surface area (Å²) in [6.45, 7) is 13.1. The zero-order valence-corrected chi connectivity index (χ0v) is 19.8. The van der Waals surface area contributed by atoms with E-state index in [1.165, 1.54) is 63.9 Å². The van der Waals surface area contributed by atoms with E-state index in [2.05, 4.69) is 37.2 Å². The van der Waals surface area contributed by atoms with Crippen molar-refractivity contribution in [3.63, 3.8) is 0 Å². The summed E-state index contributed by atoms with van der Waals surface area (Å²) in [6.07, 6.45) is 17.9. The van der Waals surface area contributed by atoms with Crippen molar-refractivity contribution in [3.05, 3.63) is 36.2 Å². The average molecular weight is 417 g/mol. The highest BCUT2D eigenvalue weighted by molar-refractivity contribution is 5.83. The van der Waals surface area contributed by atoms with Crippen LogP contribution in [0, 0.1) is 0 Å². The first-order valence-electron chi connectivity index (χ1n) is 12.2. The van der Waals surface area contributed by atoms with Gasteiger partial charge in [-0.1, -0.05) is 85.1 Å². The van der Waals surface area contributed by atoms with Crippen LogP contribution < -0.4 is 4.74 Å². The maximum atomic E-state index is 11.9. The van der Waals surface area contributed by atoms with Gasteiger partial charge in [-0.15, -0.1) is 0 Å². The van der Waals surface area contributed by atoms with Crippen molar-refractivity contribution >= 4 is 5.97 Å². The monoisotopic (exact) mass is 416 g/mol. The van der Waals surface area contributed by atoms with Gasteiger partial charge in [-0.2, -0.15) is 0 Å². The van der Waals surface area contributed by atoms with E-state index < -0.39 is 5.97 Å². The van der Waals surface area contributed by atoms with E-state index in [0.717, 1.165) is 50.2 Å². The number of aromatic nitrogens is 1. The molecule has 1 heterocycles. The van der Waals surface area contributed by atoms with Gasteiger partial charge >= 0.3 is 5.97 Å². The Kier molecular flexibility index (Phi) is 15.0. The van der Waals surface area contributed by atoms with Crippen LogP contribution >= 0.6 is 0 Å². The highest BCUT2D eigenvalue weighted by Gasteiger charge is 2.15. The third-order valence-corrected chi connectivity index (χ3v) is 5.79. The van der Waals surface area contributed by atoms with E-state index in [-0.39, 0.29) is 0 Å². The van der Waals surface area contributed by atoms with Gasteiger partial charge in [0.2, 0.25) is 0 Å². The number of pyridine rings is 1. The van der Waals surface area contributed by atoms with Crippen LogP contribution in [0.25, 0.3) is 0 Å². The number of ether oxygens (including phenoxy) is 1. The summed E-state index contributed by atoms with van der Waals surface area (Å²) >= 11 is 0. The highest BCUT2D eigenvalue weighted by Crippen LogP contribution is 2.25. The zero-order chi connectivity index (χ0) is 22.0. The molecule has 0 atom stereocenters. The number of hydrogen-bond donors (Lipinski definition) is 0. The van der Waals surface area contributed by atoms with Crippen LogP contribution in [0.15, 0.2) is 24.9 Å². The molecule has 0 fully saturated rings. The topological polar surface area (TPSA) is 42.4 Å². The third-order valence-electron chi connectivity index (χ3n) is 5.79. The third kappa shape index (κ3) is 10.9. The molecule has 0 saturated carbocycles. The van der Waals surface area contributed by atoms with Gasteiger partial charge in [0.1, 0.15) is 0 Å². The van der Waals surface area contributed by atoms with Crippen LogP contribution in [0.5, 0.6) is 5.75 Å². The number of carbonyl (C=O) groups is 1. The van der Waals surface area contributed by atoms with E-state index in [1.54, 1.807) is 0 Å². The second-order valence-corrected chi connectivity index (χ2v) is 8.08. The maximum absolute atomic E-state index is 11.9. The predicted molar refractivity (Wildman–Crippen MR) is 127 cm³/mol. The largest absolute Gasteiger partial charge is 0.421 e. The van der Waals surface area contributed by atoms with Crippen LogP contribution in [0.2, 0.25) is 0 Å². The van der Waals surface area contributed by atoms with Gasteiger partial charge in [0.05, 0.1) is 5.69 Å². The van der Waals surface area contributed by atoms with Crippen LogP contribution in [0.1, 0.15) is 96.2 Å². The van der Waals surface area contributed by atoms with Gasteiger partial charge in [0.15, 0.2) is 5.75 Å². The number of aryl methyl sites for hydroxylation is 1. The molecule has 0 aliphatic rings. The molecule has 0 bridgehead atoms. The molecule has 1 aromatic rings. The fourth-order valence-corrected chi connectivity index (χ4v) is 3.78. The summed E-state index contributed by atoms with van der Waals surface area (Å²) < 4.78 is 5.63. The molecule has 0 N–H and O–H groups in total. The van der Waals surface area contributed by atoms with E-state index >= 15 is 0 Å². The molecule has 0 saturated heterocycles. The van der Waals surface area contributed by atoms with Crippen molar-refractivity contribution in [1.82, 2.24) is 9.88 Å². The molecule has 0 aliphatic heterocycles. The molecule has 1 rings (SSSR count). The molecule has 0 aliphatic carbocycles. The Labute approximate surface area is 185 Å². The number of likely N-dealkylation sites (N-methyl/N-ethyl adjacent to an activating group) is 1. The number of unbranched alkanes of at least 4 members (excludes halogenated alkanes) is 9. The Morgan fingerprint density at radius 1 is 0.967 bits per heavy atom. The first-order valence-corrected chi connectivity index (χ1v) is 12.2. The molecular formula is C26H44N2O2. The minimum atomic E-state index is -0.406. The van der Waals surface area contributed by atoms with E-state index in [0.29, 0.717) is 5.75 Å². The Morgan fingerprint density at radius 3 is 2.13 bits per heavy atom. The number of nitrogens with zero attached hydrogens (tertiary/aromatic N) is 2. The second-order valence-electron chi connectivity index (χ2n) is 8.08. The molecule has 0 radical (unpaired) electrons. The Balaban J connectivity index is 2.53. The molecule has 4 nitrogen and oxygen atoms in total. The van der Waals surface area contributed by atoms with Gasteiger partial charge in [0.25, 0.3) is 0 Å². The van der Waals surface area contributed by atoms with Gasteiger partial charge in [-0.05, 0) is 44.0 Å². The fourth-order valence-electron chi connectivity index (χ4n) is 3.78. The van der Waals surface area contributed by atoms with Crippen molar-refractivity contribution in [2.45, 2.75) is 97.8 Å². The lowest BCUT2D eigenvalue weighted by Crippen LogP contribution is -2.25. The summed E-state index contributed by atoms with van der Waals surface area (Å²) in [5, 5.41) is 0. The molecule has 1 aromatic heterocycles. The summed E-state index contributed by atoms with van der Waals surface area (Å²) in [6, 6.07) is 1.98. The Morgan fingerprint density at radius 2 is 1.57 bits per heavy atom. The summed E-state index contributed by atoms with van der Waals surface area (Å²) in [5.74, 6) is 0.252. The molecule has 0 unspecified atom stereocenters. The standard InChI is InChI=1S/C26H44N2O2/c1-5-9-10-11-12-13-14-15-16-17-18-24-26(30-25(29)6-2)23(19-21-27-24)20-22-28(7-3)8-4/h6,19,21H,2,5,7-18,20,22H2,1,3-4H3. The van der Waals surface area contributed by atoms with Crippen molar-refractivity contribution in [1.29, 1.82) is 0 Å². The number of rotatable bonds is 18. The smallest absolute Gasteiger partial charge is 0.335 e. The molecule has 0 spiro atoms. The lowest BCUT2D eigenvalue weighted by atomic mass is 10.0. The molecule has 4 heteroatoms. The molecular weight excluding hydrogens is 372 g/mol. The van der Waals surface area contributed by atoms with Gasteiger partial charge in [0, 0.05) is 18.8 Å². The molecule has 0 aromatic carbocycles. The Bertz CT molecular complexity index is 597. The van der Waals surface area contributed by atoms with Gasteiger partial charge in [-0.3, -0.25) is 4.98 Å². The van der Waals surface area contributed by atoms with Crippen LogP contribution in [-0.2, 0) is 17.6 Å². The maximum Gasteiger partial charge on any atom is 0.335 e. The molecule has 30 heavy (non-hydrogen) atoms. The Hall–Kier alpha value is -1.68. The molecule has 0 amide bonds. The van der Waals surface area contributed by atoms with Gasteiger partial charge < -0.3 is 9.64 Å². The zero-order valence-electron chi connectivity index (χ0n) is 19.8. The summed E-state index contributed by atoms with van der Waals surface area (Å²) in [4.78, 5) is 18.8. The minimum Gasteiger partial charge on any atom is -0.421 e. The quantitative estimate of drug-likeness (QED) is 0.155. The van der Waals surface area contributed by atoms with Crippen LogP contribution in [-0.4, -0.2) is 35.5 Å². The van der Waals surface area contributed by atoms with Crippen LogP contribution in [0.3, 0.4) is 0 Å². The summed E-state index contributed by atoms with van der Waals surface area (Å²) in [5.41, 5.74) is 1.97. The van der Waals surface area contributed by atoms with Gasteiger partial charge in [-0.25, -0.2) is 4.79 Å². The lowest BCUT2D eigenvalue weighted by molar-refractivity contribution is -0.129.